The Morgan fingerprint density at radius 2 is 0.614 bits per heavy atom. The van der Waals surface area contributed by atoms with Crippen LogP contribution in [0, 0.1) is 0 Å². The summed E-state index contributed by atoms with van der Waals surface area (Å²) < 4.78 is 126. The fourth-order valence-corrected chi connectivity index (χ4v) is 18.8. The number of carbonyl (C=O) groups is 7. The van der Waals surface area contributed by atoms with Crippen LogP contribution in [-0.4, -0.2) is 604 Å². The number of hydrogen-bond acceptors (Lipinski definition) is 57. The summed E-state index contributed by atoms with van der Waals surface area (Å²) >= 11 is 0. The Bertz CT molecular complexity index is 4150. The van der Waals surface area contributed by atoms with Crippen molar-refractivity contribution in [2.75, 3.05) is 66.1 Å². The molecular weight excluding hydrogens is 1980 g/mol. The van der Waals surface area contributed by atoms with E-state index in [1.165, 1.54) is 6.92 Å². The second kappa shape index (κ2) is 51.8. The fourth-order valence-electron chi connectivity index (χ4n) is 18.8. The first kappa shape index (κ1) is 120. The molecule has 11 heterocycles. The Labute approximate surface area is 821 Å². The maximum atomic E-state index is 13.4. The highest BCUT2D eigenvalue weighted by Crippen LogP contribution is 2.44. The Hall–Kier alpha value is -5.71. The molecule has 0 spiro atoms. The molecule has 0 aromatic heterocycles. The fraction of sp³-hybridized carbons (Fsp3) is 0.914. The minimum absolute atomic E-state index is 0.846. The van der Waals surface area contributed by atoms with Gasteiger partial charge in [-0.2, -0.15) is 0 Å². The summed E-state index contributed by atoms with van der Waals surface area (Å²) in [6, 6.07) is -11.6. The lowest BCUT2D eigenvalue weighted by atomic mass is 9.88. The summed E-state index contributed by atoms with van der Waals surface area (Å²) in [5, 5.41) is 354. The Balaban J connectivity index is 0.920. The van der Waals surface area contributed by atoms with Crippen LogP contribution in [0.5, 0.6) is 0 Å². The maximum absolute atomic E-state index is 13.4. The molecule has 11 aliphatic heterocycles. The molecule has 0 aliphatic carbocycles. The van der Waals surface area contributed by atoms with Crippen LogP contribution in [0.15, 0.2) is 0 Å². The van der Waals surface area contributed by atoms with Crippen LogP contribution in [0.2, 0.25) is 0 Å². The lowest BCUT2D eigenvalue weighted by Crippen LogP contribution is -2.71. The first-order valence-electron chi connectivity index (χ1n) is 46.1. The van der Waals surface area contributed by atoms with Gasteiger partial charge in [-0.1, -0.05) is 0 Å². The maximum Gasteiger partial charge on any atom is 0.364 e. The third kappa shape index (κ3) is 26.9. The Kier molecular flexibility index (Phi) is 42.7. The van der Waals surface area contributed by atoms with E-state index in [9.17, 15) is 187 Å². The molecule has 0 saturated carbocycles. The van der Waals surface area contributed by atoms with Gasteiger partial charge in [-0.3, -0.25) is 28.8 Å². The smallest absolute Gasteiger partial charge is 0.364 e. The van der Waals surface area contributed by atoms with Crippen LogP contribution in [0.1, 0.15) is 54.9 Å². The highest BCUT2D eigenvalue weighted by Gasteiger charge is 2.65. The van der Waals surface area contributed by atoms with Gasteiger partial charge in [0.25, 0.3) is 5.79 Å². The van der Waals surface area contributed by atoms with Crippen LogP contribution in [-0.2, 0) is 133 Å². The summed E-state index contributed by atoms with van der Waals surface area (Å²) in [4.78, 5) is 90.6. The SMILES string of the molecule is CC(=O)N[C@@H]1[C@H](O[C@@H]2[C@@H](O[C@@H]3[C@H](O)[C@H](O[C@H]4[C@H](O)[C@@H](NC(C)=O)[C@H](O[C@H]5[C@H](O)[C@@H](NC(C)=O)C(O)O[C@@H]5CO[C@@H]5O[C@@H](C)[C@@H](O)[C@@H](O)[C@@H]5O)O[C@@H]4CO)O[C@H](CO[C@H]4O[C@H](CO)[C@@H](O)[C@H](O)[C@@H]4O[C@@H]4O[C@H](CO)[C@@H](O[C@@H]5O[C@H](CO)[C@H](O)[C@H](O[C@]6(C(=O)O)C[C@H](O)[C@@H](NC(C)=O)[C@H]([C@H](O)[C@H](O)CO)O6)[C@H]5O)[C@H](O)[C@H]4NC(C)=O)[C@H]3O)O[C@H](CO)[C@@H](O)[C@@H]2O)O[C@H](CO)[C@@H](O[C@@H]2O[C@H](CO)[C@H](O)[C@H](O)[C@H]2NC(C)=O)[C@@H]1O. The number of aliphatic hydroxyl groups is 29. The van der Waals surface area contributed by atoms with Crippen LogP contribution < -0.4 is 31.9 Å². The molecule has 11 saturated heterocycles. The topological polar surface area (TPSA) is 992 Å². The number of aliphatic hydroxyl groups excluding tert-OH is 29. The van der Waals surface area contributed by atoms with Crippen molar-refractivity contribution in [3.8, 4) is 0 Å². The van der Waals surface area contributed by atoms with E-state index < -0.39 is 457 Å². The number of rotatable bonds is 39. The number of nitrogens with one attached hydrogen (secondary N) is 6. The van der Waals surface area contributed by atoms with E-state index in [1.54, 1.807) is 0 Å². The minimum atomic E-state index is -3.34. The van der Waals surface area contributed by atoms with Crippen molar-refractivity contribution >= 4 is 41.4 Å². The van der Waals surface area contributed by atoms with Gasteiger partial charge in [0, 0.05) is 48.0 Å². The predicted molar refractivity (Wildman–Crippen MR) is 448 cm³/mol. The lowest BCUT2D eigenvalue weighted by molar-refractivity contribution is -0.399. The van der Waals surface area contributed by atoms with Gasteiger partial charge in [-0.05, 0) is 6.92 Å². The average Bonchev–Trinajstić information content (AvgIpc) is 0.742. The van der Waals surface area contributed by atoms with Crippen molar-refractivity contribution in [1.82, 2.24) is 31.9 Å². The first-order valence-corrected chi connectivity index (χ1v) is 46.1. The molecule has 36 N–H and O–H groups in total. The molecule has 64 heteroatoms. The normalized spacial score (nSPS) is 47.2. The van der Waals surface area contributed by atoms with E-state index in [-0.39, 0.29) is 0 Å². The number of carboxylic acids is 1. The number of hydrogen-bond donors (Lipinski definition) is 36. The van der Waals surface area contributed by atoms with E-state index in [2.05, 4.69) is 31.9 Å². The Morgan fingerprint density at radius 3 is 1.04 bits per heavy atom. The van der Waals surface area contributed by atoms with E-state index in [0.29, 0.717) is 0 Å². The molecule has 11 rings (SSSR count). The highest BCUT2D eigenvalue weighted by molar-refractivity contribution is 5.77. The molecule has 56 atom stereocenters. The Morgan fingerprint density at radius 1 is 0.297 bits per heavy atom. The molecule has 0 bridgehead atoms. The van der Waals surface area contributed by atoms with E-state index in [0.717, 1.165) is 41.5 Å². The van der Waals surface area contributed by atoms with Crippen molar-refractivity contribution in [3.63, 3.8) is 0 Å². The minimum Gasteiger partial charge on any atom is -0.477 e. The standard InChI is InChI=1S/C81H134N6O58/c1-19-43(104)55(116)58(119)75(127-19)125-18-36-64(51(112)38(70(122)128-36)83-21(3)97)138-72-40(85-23(5)99)53(114)62(33(15-94)133-72)139-76-59(120)66(141-79-69(57(118)47(108)30(12-91)132-79)143-74-41(86-24(6)100)52(113)61(32(14-93)134-74)137-71-39(84-22(4)98)50(111)45(106)28(10-89)129-71)49(110)35(136-76)17-126-78-68(56(117)46(107)29(11-90)131-78)142-73-42(87-25(7)101)54(115)63(34(16-95)135-73)140-77-60(121)67(48(109)31(13-92)130-77)145-81(80(123)124)8-26(102)37(82-20(2)96)65(144-81)44(105)27(103)9-88/h19,26-79,88-95,102-122H,8-18H2,1-7H3,(H,82,96)(H,83,97)(H,84,98)(H,85,99)(H,86,100)(H,87,101)(H,123,124)/t19-,26-,27+,28+,29+,30+,31+,32+,33+,34+,35+,36+,37+,38+,39+,40+,41-,42+,43+,44+,45-,46+,47+,48-,49+,50+,51+,52+,53+,54+,55+,56-,57-,58-,59-,60+,61+,62+,63+,64+,65+,66-,67-,68-,69-,70?,71-,72-,73-,74-,75+,76-,77-,78-,79+,81-/m0/s1. The van der Waals surface area contributed by atoms with Gasteiger partial charge in [0.1, 0.15) is 256 Å². The van der Waals surface area contributed by atoms with Crippen molar-refractivity contribution in [2.24, 2.45) is 0 Å². The predicted octanol–water partition coefficient (Wildman–Crippen LogP) is -23.9. The van der Waals surface area contributed by atoms with Gasteiger partial charge in [-0.15, -0.1) is 0 Å². The molecule has 145 heavy (non-hydrogen) atoms. The van der Waals surface area contributed by atoms with Crippen molar-refractivity contribution in [1.29, 1.82) is 0 Å². The molecule has 11 fully saturated rings. The van der Waals surface area contributed by atoms with E-state index in [1.807, 2.05) is 0 Å². The summed E-state index contributed by atoms with van der Waals surface area (Å²) in [6.07, 6.45) is -108. The van der Waals surface area contributed by atoms with E-state index >= 15 is 0 Å². The van der Waals surface area contributed by atoms with Gasteiger partial charge in [0.2, 0.25) is 35.4 Å². The largest absolute Gasteiger partial charge is 0.477 e. The second-order valence-electron chi connectivity index (χ2n) is 36.7. The number of amides is 6. The van der Waals surface area contributed by atoms with Gasteiger partial charge in [-0.25, -0.2) is 4.79 Å². The van der Waals surface area contributed by atoms with Gasteiger partial charge < -0.3 is 285 Å². The first-order chi connectivity index (χ1) is 68.4. The van der Waals surface area contributed by atoms with Gasteiger partial charge in [0.15, 0.2) is 62.9 Å². The summed E-state index contributed by atoms with van der Waals surface area (Å²) in [7, 11) is 0. The zero-order valence-corrected chi connectivity index (χ0v) is 78.4. The average molecular weight is 2120 g/mol. The highest BCUT2D eigenvalue weighted by atomic mass is 16.8. The molecule has 836 valence electrons. The summed E-state index contributed by atoms with van der Waals surface area (Å²) in [5.41, 5.74) is 0. The molecule has 64 nitrogen and oxygen atoms in total. The monoisotopic (exact) mass is 2120 g/mol. The molecule has 11 aliphatic rings. The van der Waals surface area contributed by atoms with Crippen LogP contribution in [0.4, 0.5) is 0 Å². The molecule has 6 amide bonds. The zero-order valence-electron chi connectivity index (χ0n) is 78.4. The van der Waals surface area contributed by atoms with Crippen LogP contribution in [0.3, 0.4) is 0 Å². The third-order valence-electron chi connectivity index (χ3n) is 26.3. The zero-order chi connectivity index (χ0) is 107. The van der Waals surface area contributed by atoms with Crippen LogP contribution in [0.25, 0.3) is 0 Å². The lowest BCUT2D eigenvalue weighted by Gasteiger charge is -2.51. The van der Waals surface area contributed by atoms with Crippen molar-refractivity contribution < 1.29 is 286 Å². The van der Waals surface area contributed by atoms with Gasteiger partial charge in [0.05, 0.1) is 84.3 Å². The van der Waals surface area contributed by atoms with Crippen molar-refractivity contribution in [2.45, 2.75) is 398 Å². The number of ether oxygens (including phenoxy) is 21. The summed E-state index contributed by atoms with van der Waals surface area (Å²) in [5.74, 6) is -11.2. The third-order valence-corrected chi connectivity index (χ3v) is 26.3. The number of carboxylic acid groups (broad SMARTS) is 1. The number of carbonyl (C=O) groups excluding carboxylic acids is 6. The van der Waals surface area contributed by atoms with Gasteiger partial charge >= 0.3 is 5.97 Å². The number of aliphatic carboxylic acids is 1. The second-order valence-corrected chi connectivity index (χ2v) is 36.7. The molecular formula is C81H134N6O58. The van der Waals surface area contributed by atoms with Crippen LogP contribution >= 0.6 is 0 Å². The molecule has 0 aromatic rings. The molecule has 1 unspecified atom stereocenters. The van der Waals surface area contributed by atoms with Crippen molar-refractivity contribution in [3.05, 3.63) is 0 Å². The summed E-state index contributed by atoms with van der Waals surface area (Å²) in [6.45, 7) is -5.19. The molecule has 0 radical (unpaired) electrons. The van der Waals surface area contributed by atoms with E-state index in [4.69, 9.17) is 99.5 Å². The quantitative estimate of drug-likeness (QED) is 0.0272. The molecule has 0 aromatic carbocycles.